The van der Waals surface area contributed by atoms with Gasteiger partial charge in [-0.25, -0.2) is 14.2 Å². The molecule has 1 aromatic heterocycles. The Bertz CT molecular complexity index is 540. The fourth-order valence-corrected chi connectivity index (χ4v) is 2.65. The number of rotatable bonds is 2. The van der Waals surface area contributed by atoms with Crippen molar-refractivity contribution in [2.45, 2.75) is 45.3 Å². The molecule has 0 atom stereocenters. The Morgan fingerprint density at radius 1 is 1.45 bits per heavy atom. The minimum absolute atomic E-state index is 0.0459. The first-order valence-corrected chi connectivity index (χ1v) is 8.09. The van der Waals surface area contributed by atoms with E-state index in [0.29, 0.717) is 23.4 Å². The lowest BCUT2D eigenvalue weighted by Gasteiger charge is -2.33. The minimum atomic E-state index is -0.505. The Labute approximate surface area is 138 Å². The number of ether oxygens (including phenoxy) is 1. The summed E-state index contributed by atoms with van der Waals surface area (Å²) >= 11 is 3.20. The number of aromatic nitrogens is 1. The van der Waals surface area contributed by atoms with Crippen molar-refractivity contribution >= 4 is 27.8 Å². The molecule has 0 radical (unpaired) electrons. The topological polar surface area (TPSA) is 54.5 Å². The number of amides is 1. The largest absolute Gasteiger partial charge is 0.444 e. The SMILES string of the molecule is CC(C)(C)OC(=O)NC1CCN(c2ncc(Br)cc2F)CC1. The summed E-state index contributed by atoms with van der Waals surface area (Å²) in [6.07, 6.45) is 2.65. The Morgan fingerprint density at radius 2 is 2.09 bits per heavy atom. The molecule has 0 unspecified atom stereocenters. The number of halogens is 2. The van der Waals surface area contributed by atoms with Gasteiger partial charge in [0.1, 0.15) is 5.60 Å². The number of anilines is 1. The highest BCUT2D eigenvalue weighted by molar-refractivity contribution is 9.10. The van der Waals surface area contributed by atoms with Crippen LogP contribution < -0.4 is 10.2 Å². The number of carbonyl (C=O) groups is 1. The van der Waals surface area contributed by atoms with Crippen LogP contribution in [0.3, 0.4) is 0 Å². The molecule has 2 rings (SSSR count). The van der Waals surface area contributed by atoms with Gasteiger partial charge in [0.05, 0.1) is 0 Å². The molecule has 5 nitrogen and oxygen atoms in total. The molecule has 1 aliphatic heterocycles. The zero-order valence-corrected chi connectivity index (χ0v) is 14.6. The molecule has 1 saturated heterocycles. The molecular formula is C15H21BrFN3O2. The molecule has 2 heterocycles. The number of hydrogen-bond acceptors (Lipinski definition) is 4. The highest BCUT2D eigenvalue weighted by Gasteiger charge is 2.25. The van der Waals surface area contributed by atoms with Crippen molar-refractivity contribution in [2.75, 3.05) is 18.0 Å². The van der Waals surface area contributed by atoms with E-state index in [4.69, 9.17) is 4.74 Å². The summed E-state index contributed by atoms with van der Waals surface area (Å²) in [5.74, 6) is 0.0202. The van der Waals surface area contributed by atoms with E-state index in [0.717, 1.165) is 12.8 Å². The van der Waals surface area contributed by atoms with E-state index in [9.17, 15) is 9.18 Å². The highest BCUT2D eigenvalue weighted by Crippen LogP contribution is 2.23. The van der Waals surface area contributed by atoms with Crippen LogP contribution in [0, 0.1) is 5.82 Å². The molecule has 122 valence electrons. The number of piperidine rings is 1. The lowest BCUT2D eigenvalue weighted by molar-refractivity contribution is 0.0497. The monoisotopic (exact) mass is 373 g/mol. The zero-order chi connectivity index (χ0) is 16.3. The number of hydrogen-bond donors (Lipinski definition) is 1. The molecule has 0 saturated carbocycles. The Morgan fingerprint density at radius 3 is 2.64 bits per heavy atom. The molecule has 1 aliphatic rings. The quantitative estimate of drug-likeness (QED) is 0.861. The van der Waals surface area contributed by atoms with Gasteiger partial charge in [-0.2, -0.15) is 0 Å². The van der Waals surface area contributed by atoms with Crippen molar-refractivity contribution < 1.29 is 13.9 Å². The third kappa shape index (κ3) is 4.83. The first-order chi connectivity index (χ1) is 10.2. The van der Waals surface area contributed by atoms with E-state index >= 15 is 0 Å². The second-order valence-electron chi connectivity index (χ2n) is 6.37. The number of pyridine rings is 1. The third-order valence-corrected chi connectivity index (χ3v) is 3.74. The van der Waals surface area contributed by atoms with Crippen LogP contribution in [0.1, 0.15) is 33.6 Å². The predicted molar refractivity (Wildman–Crippen MR) is 86.5 cm³/mol. The van der Waals surface area contributed by atoms with Crippen molar-refractivity contribution in [3.8, 4) is 0 Å². The maximum atomic E-state index is 13.9. The van der Waals surface area contributed by atoms with Gasteiger partial charge in [0.25, 0.3) is 0 Å². The molecule has 0 aromatic carbocycles. The van der Waals surface area contributed by atoms with Crippen molar-refractivity contribution in [1.29, 1.82) is 0 Å². The van der Waals surface area contributed by atoms with Crippen molar-refractivity contribution in [1.82, 2.24) is 10.3 Å². The van der Waals surface area contributed by atoms with Crippen LogP contribution in [0.5, 0.6) is 0 Å². The van der Waals surface area contributed by atoms with Gasteiger partial charge in [-0.05, 0) is 55.6 Å². The van der Waals surface area contributed by atoms with E-state index < -0.39 is 11.7 Å². The van der Waals surface area contributed by atoms with Gasteiger partial charge < -0.3 is 15.0 Å². The van der Waals surface area contributed by atoms with E-state index in [-0.39, 0.29) is 11.9 Å². The molecular weight excluding hydrogens is 353 g/mol. The molecule has 7 heteroatoms. The van der Waals surface area contributed by atoms with Crippen molar-refractivity contribution in [2.24, 2.45) is 0 Å². The third-order valence-electron chi connectivity index (χ3n) is 3.30. The van der Waals surface area contributed by atoms with Crippen LogP contribution in [0.2, 0.25) is 0 Å². The highest BCUT2D eigenvalue weighted by atomic mass is 79.9. The first-order valence-electron chi connectivity index (χ1n) is 7.30. The summed E-state index contributed by atoms with van der Waals surface area (Å²) in [6, 6.07) is 1.46. The van der Waals surface area contributed by atoms with Gasteiger partial charge in [-0.15, -0.1) is 0 Å². The molecule has 0 spiro atoms. The van der Waals surface area contributed by atoms with Crippen LogP contribution in [-0.4, -0.2) is 35.8 Å². The molecule has 0 bridgehead atoms. The second-order valence-corrected chi connectivity index (χ2v) is 7.28. The first kappa shape index (κ1) is 17.0. The van der Waals surface area contributed by atoms with E-state index in [1.54, 1.807) is 6.20 Å². The summed E-state index contributed by atoms with van der Waals surface area (Å²) in [5.41, 5.74) is -0.505. The van der Waals surface area contributed by atoms with Crippen molar-refractivity contribution in [3.63, 3.8) is 0 Å². The Balaban J connectivity index is 1.86. The number of alkyl carbamates (subject to hydrolysis) is 1. The molecule has 22 heavy (non-hydrogen) atoms. The smallest absolute Gasteiger partial charge is 0.407 e. The summed E-state index contributed by atoms with van der Waals surface area (Å²) in [7, 11) is 0. The van der Waals surface area contributed by atoms with Crippen LogP contribution in [0.25, 0.3) is 0 Å². The average Bonchev–Trinajstić information content (AvgIpc) is 2.38. The summed E-state index contributed by atoms with van der Waals surface area (Å²) in [6.45, 7) is 6.78. The molecule has 1 N–H and O–H groups in total. The number of nitrogens with one attached hydrogen (secondary N) is 1. The molecule has 1 fully saturated rings. The standard InChI is InChI=1S/C15H21BrFN3O2/c1-15(2,3)22-14(21)19-11-4-6-20(7-5-11)13-12(17)8-10(16)9-18-13/h8-9,11H,4-7H2,1-3H3,(H,19,21). The predicted octanol–water partition coefficient (Wildman–Crippen LogP) is 3.48. The van der Waals surface area contributed by atoms with E-state index in [1.807, 2.05) is 25.7 Å². The van der Waals surface area contributed by atoms with Crippen LogP contribution in [0.15, 0.2) is 16.7 Å². The zero-order valence-electron chi connectivity index (χ0n) is 13.0. The van der Waals surface area contributed by atoms with Gasteiger partial charge in [0.2, 0.25) is 0 Å². The van der Waals surface area contributed by atoms with Crippen LogP contribution in [0.4, 0.5) is 15.0 Å². The second kappa shape index (κ2) is 6.81. The van der Waals surface area contributed by atoms with Crippen molar-refractivity contribution in [3.05, 3.63) is 22.6 Å². The van der Waals surface area contributed by atoms with Crippen LogP contribution in [-0.2, 0) is 4.74 Å². The lowest BCUT2D eigenvalue weighted by atomic mass is 10.1. The number of carbonyl (C=O) groups excluding carboxylic acids is 1. The fourth-order valence-electron chi connectivity index (χ4n) is 2.35. The Hall–Kier alpha value is -1.37. The van der Waals surface area contributed by atoms with Gasteiger partial charge in [0.15, 0.2) is 11.6 Å². The molecule has 0 aliphatic carbocycles. The summed E-state index contributed by atoms with van der Waals surface area (Å²) in [4.78, 5) is 17.8. The fraction of sp³-hybridized carbons (Fsp3) is 0.600. The van der Waals surface area contributed by atoms with Crippen LogP contribution >= 0.6 is 15.9 Å². The summed E-state index contributed by atoms with van der Waals surface area (Å²) in [5, 5.41) is 2.86. The van der Waals surface area contributed by atoms with E-state index in [2.05, 4.69) is 26.2 Å². The van der Waals surface area contributed by atoms with Gasteiger partial charge in [0, 0.05) is 29.8 Å². The van der Waals surface area contributed by atoms with Gasteiger partial charge in [-0.3, -0.25) is 0 Å². The van der Waals surface area contributed by atoms with E-state index in [1.165, 1.54) is 6.07 Å². The maximum Gasteiger partial charge on any atom is 0.407 e. The summed E-state index contributed by atoms with van der Waals surface area (Å²) < 4.78 is 19.8. The average molecular weight is 374 g/mol. The molecule has 1 aromatic rings. The normalized spacial score (nSPS) is 16.5. The van der Waals surface area contributed by atoms with Gasteiger partial charge in [-0.1, -0.05) is 0 Å². The lowest BCUT2D eigenvalue weighted by Crippen LogP contribution is -2.46. The number of nitrogens with zero attached hydrogens (tertiary/aromatic N) is 2. The van der Waals surface area contributed by atoms with Gasteiger partial charge >= 0.3 is 6.09 Å². The Kier molecular flexibility index (Phi) is 5.26. The minimum Gasteiger partial charge on any atom is -0.444 e. The molecule has 1 amide bonds. The maximum absolute atomic E-state index is 13.9.